The molecule has 5 nitrogen and oxygen atoms in total. The summed E-state index contributed by atoms with van der Waals surface area (Å²) in [6, 6.07) is 18.4. The Balaban J connectivity index is 0.00000300. The number of nitrogens with zero attached hydrogens (tertiary/aromatic N) is 1. The second-order valence-electron chi connectivity index (χ2n) is 7.30. The van der Waals surface area contributed by atoms with Crippen LogP contribution in [0.15, 0.2) is 59.6 Å². The van der Waals surface area contributed by atoms with E-state index in [0.29, 0.717) is 5.56 Å². The lowest BCUT2D eigenvalue weighted by Crippen LogP contribution is -2.39. The van der Waals surface area contributed by atoms with Crippen molar-refractivity contribution in [2.75, 3.05) is 26.7 Å². The van der Waals surface area contributed by atoms with E-state index in [-0.39, 0.29) is 35.3 Å². The van der Waals surface area contributed by atoms with Gasteiger partial charge in [0.15, 0.2) is 5.96 Å². The number of aliphatic imine (C=N–C) groups is 1. The van der Waals surface area contributed by atoms with Gasteiger partial charge in [0, 0.05) is 31.1 Å². The lowest BCUT2D eigenvalue weighted by atomic mass is 9.96. The fraction of sp³-hybridized carbons (Fsp3) is 0.391. The highest BCUT2D eigenvalue weighted by Crippen LogP contribution is 2.48. The molecule has 0 heterocycles. The molecule has 3 N–H and O–H groups in total. The molecule has 0 spiro atoms. The van der Waals surface area contributed by atoms with Gasteiger partial charge in [-0.3, -0.25) is 9.79 Å². The summed E-state index contributed by atoms with van der Waals surface area (Å²) in [6.07, 6.45) is 3.23. The Morgan fingerprint density at radius 3 is 2.48 bits per heavy atom. The molecule has 0 bridgehead atoms. The second-order valence-corrected chi connectivity index (χ2v) is 7.30. The van der Waals surface area contributed by atoms with Crippen molar-refractivity contribution < 1.29 is 4.79 Å². The molecule has 1 fully saturated rings. The highest BCUT2D eigenvalue weighted by atomic mass is 127. The van der Waals surface area contributed by atoms with Crippen LogP contribution in [-0.2, 0) is 11.8 Å². The number of guanidine groups is 1. The van der Waals surface area contributed by atoms with Crippen LogP contribution in [0.25, 0.3) is 0 Å². The molecule has 0 aromatic heterocycles. The van der Waals surface area contributed by atoms with Crippen molar-refractivity contribution >= 4 is 35.8 Å². The van der Waals surface area contributed by atoms with Crippen molar-refractivity contribution in [2.24, 2.45) is 4.99 Å². The first-order valence-electron chi connectivity index (χ1n) is 10.1. The number of amides is 1. The van der Waals surface area contributed by atoms with Crippen molar-refractivity contribution in [3.8, 4) is 0 Å². The Labute approximate surface area is 190 Å². The van der Waals surface area contributed by atoms with Crippen LogP contribution >= 0.6 is 24.0 Å². The van der Waals surface area contributed by atoms with Gasteiger partial charge in [0.05, 0.1) is 6.54 Å². The van der Waals surface area contributed by atoms with Crippen molar-refractivity contribution in [1.82, 2.24) is 16.0 Å². The smallest absolute Gasteiger partial charge is 0.251 e. The molecule has 0 radical (unpaired) electrons. The number of hydrogen-bond acceptors (Lipinski definition) is 2. The molecule has 1 aliphatic carbocycles. The first-order valence-corrected chi connectivity index (χ1v) is 10.1. The zero-order valence-corrected chi connectivity index (χ0v) is 19.5. The van der Waals surface area contributed by atoms with E-state index in [1.807, 2.05) is 24.3 Å². The molecule has 2 aromatic carbocycles. The average Bonchev–Trinajstić information content (AvgIpc) is 3.53. The second kappa shape index (κ2) is 11.2. The molecule has 1 aliphatic rings. The van der Waals surface area contributed by atoms with E-state index in [2.05, 4.69) is 53.2 Å². The molecule has 0 unspecified atom stereocenters. The van der Waals surface area contributed by atoms with Crippen molar-refractivity contribution in [1.29, 1.82) is 0 Å². The first-order chi connectivity index (χ1) is 13.7. The van der Waals surface area contributed by atoms with E-state index >= 15 is 0 Å². The van der Waals surface area contributed by atoms with Crippen LogP contribution in [0.3, 0.4) is 0 Å². The summed E-state index contributed by atoms with van der Waals surface area (Å²) in [6.45, 7) is 4.48. The van der Waals surface area contributed by atoms with Crippen LogP contribution in [-0.4, -0.2) is 38.5 Å². The zero-order chi connectivity index (χ0) is 19.8. The molecule has 1 saturated carbocycles. The van der Waals surface area contributed by atoms with Crippen molar-refractivity contribution in [3.63, 3.8) is 0 Å². The van der Waals surface area contributed by atoms with Crippen LogP contribution in [0, 0.1) is 0 Å². The van der Waals surface area contributed by atoms with E-state index in [4.69, 9.17) is 4.99 Å². The van der Waals surface area contributed by atoms with Gasteiger partial charge in [-0.2, -0.15) is 0 Å². The van der Waals surface area contributed by atoms with Gasteiger partial charge in [0.2, 0.25) is 0 Å². The summed E-state index contributed by atoms with van der Waals surface area (Å²) in [5.74, 6) is 0.799. The first kappa shape index (κ1) is 23.2. The van der Waals surface area contributed by atoms with Gasteiger partial charge in [-0.05, 0) is 49.4 Å². The van der Waals surface area contributed by atoms with Gasteiger partial charge >= 0.3 is 0 Å². The fourth-order valence-corrected chi connectivity index (χ4v) is 3.39. The Kier molecular flexibility index (Phi) is 8.95. The molecular weight excluding hydrogens is 475 g/mol. The topological polar surface area (TPSA) is 65.5 Å². The molecule has 156 valence electrons. The van der Waals surface area contributed by atoms with Crippen LogP contribution < -0.4 is 16.0 Å². The van der Waals surface area contributed by atoms with Crippen LogP contribution in [0.2, 0.25) is 0 Å². The van der Waals surface area contributed by atoms with Gasteiger partial charge in [-0.1, -0.05) is 42.5 Å². The molecule has 6 heteroatoms. The summed E-state index contributed by atoms with van der Waals surface area (Å²) >= 11 is 0. The molecule has 0 aliphatic heterocycles. The minimum absolute atomic E-state index is 0. The van der Waals surface area contributed by atoms with Crippen molar-refractivity contribution in [3.05, 3.63) is 71.3 Å². The van der Waals surface area contributed by atoms with Gasteiger partial charge in [-0.25, -0.2) is 0 Å². The quantitative estimate of drug-likeness (QED) is 0.292. The summed E-state index contributed by atoms with van der Waals surface area (Å²) in [5.41, 5.74) is 3.43. The number of hydrogen-bond donors (Lipinski definition) is 3. The number of benzene rings is 2. The molecule has 0 atom stereocenters. The van der Waals surface area contributed by atoms with Gasteiger partial charge in [0.25, 0.3) is 5.91 Å². The molecular formula is C23H31IN4O. The number of rotatable bonds is 8. The standard InChI is InChI=1S/C23H30N4O.HI/c1-3-25-22(27-17-23(13-14-23)20-10-5-4-6-11-20)26-15-12-18-8-7-9-19(16-18)21(28)24-2;/h4-11,16H,3,12-15,17H2,1-2H3,(H,24,28)(H2,25,26,27);1H. The molecule has 1 amide bonds. The van der Waals surface area contributed by atoms with Gasteiger partial charge in [-0.15, -0.1) is 24.0 Å². The van der Waals surface area contributed by atoms with E-state index in [9.17, 15) is 4.79 Å². The lowest BCUT2D eigenvalue weighted by Gasteiger charge is -2.16. The van der Waals surface area contributed by atoms with Gasteiger partial charge < -0.3 is 16.0 Å². The Morgan fingerprint density at radius 1 is 1.07 bits per heavy atom. The highest BCUT2D eigenvalue weighted by molar-refractivity contribution is 14.0. The predicted octanol–water partition coefficient (Wildman–Crippen LogP) is 3.49. The Morgan fingerprint density at radius 2 is 1.83 bits per heavy atom. The van der Waals surface area contributed by atoms with Crippen molar-refractivity contribution in [2.45, 2.75) is 31.6 Å². The Hall–Kier alpha value is -2.09. The van der Waals surface area contributed by atoms with E-state index in [1.54, 1.807) is 7.05 Å². The molecule has 2 aromatic rings. The number of halogens is 1. The monoisotopic (exact) mass is 506 g/mol. The maximum Gasteiger partial charge on any atom is 0.251 e. The normalized spacial score (nSPS) is 14.5. The SMILES string of the molecule is CCNC(=NCC1(c2ccccc2)CC1)NCCc1cccc(C(=O)NC)c1.I. The third-order valence-electron chi connectivity index (χ3n) is 5.25. The summed E-state index contributed by atoms with van der Waals surface area (Å²) in [5, 5.41) is 9.42. The number of nitrogens with one attached hydrogen (secondary N) is 3. The highest BCUT2D eigenvalue weighted by Gasteiger charge is 2.43. The van der Waals surface area contributed by atoms with E-state index < -0.39 is 0 Å². The minimum atomic E-state index is -0.0552. The third kappa shape index (κ3) is 6.45. The lowest BCUT2D eigenvalue weighted by molar-refractivity contribution is 0.0963. The summed E-state index contributed by atoms with van der Waals surface area (Å²) in [4.78, 5) is 16.6. The largest absolute Gasteiger partial charge is 0.357 e. The van der Waals surface area contributed by atoms with Gasteiger partial charge in [0.1, 0.15) is 0 Å². The van der Waals surface area contributed by atoms with Crippen LogP contribution in [0.4, 0.5) is 0 Å². The zero-order valence-electron chi connectivity index (χ0n) is 17.2. The molecule has 29 heavy (non-hydrogen) atoms. The number of carbonyl (C=O) groups excluding carboxylic acids is 1. The number of carbonyl (C=O) groups is 1. The fourth-order valence-electron chi connectivity index (χ4n) is 3.39. The van der Waals surface area contributed by atoms with Crippen LogP contribution in [0.5, 0.6) is 0 Å². The summed E-state index contributed by atoms with van der Waals surface area (Å²) in [7, 11) is 1.65. The minimum Gasteiger partial charge on any atom is -0.357 e. The summed E-state index contributed by atoms with van der Waals surface area (Å²) < 4.78 is 0. The average molecular weight is 506 g/mol. The molecule has 0 saturated heterocycles. The Bertz CT molecular complexity index is 819. The van der Waals surface area contributed by atoms with Crippen LogP contribution in [0.1, 0.15) is 41.3 Å². The van der Waals surface area contributed by atoms with E-state index in [0.717, 1.165) is 37.6 Å². The third-order valence-corrected chi connectivity index (χ3v) is 5.25. The maximum atomic E-state index is 11.8. The van der Waals surface area contributed by atoms with E-state index in [1.165, 1.54) is 18.4 Å². The maximum absolute atomic E-state index is 11.8. The molecule has 3 rings (SSSR count). The predicted molar refractivity (Wildman–Crippen MR) is 130 cm³/mol.